The first-order valence-electron chi connectivity index (χ1n) is 5.78. The molecule has 0 saturated carbocycles. The maximum Gasteiger partial charge on any atom is 0.231 e. The molecule has 3 N–H and O–H groups in total. The monoisotopic (exact) mass is 236 g/mol. The minimum atomic E-state index is -0.326. The van der Waals surface area contributed by atoms with E-state index >= 15 is 0 Å². The fourth-order valence-corrected chi connectivity index (χ4v) is 1.52. The molecule has 1 aromatic rings. The Morgan fingerprint density at radius 1 is 1.53 bits per heavy atom. The van der Waals surface area contributed by atoms with Crippen molar-refractivity contribution in [2.75, 3.05) is 25.5 Å². The summed E-state index contributed by atoms with van der Waals surface area (Å²) in [4.78, 5) is 17.1. The average molecular weight is 236 g/mol. The van der Waals surface area contributed by atoms with Crippen molar-refractivity contribution >= 4 is 11.7 Å². The molecule has 1 amide bonds. The topological polar surface area (TPSA) is 71.2 Å². The van der Waals surface area contributed by atoms with Gasteiger partial charge in [0.25, 0.3) is 0 Å². The van der Waals surface area contributed by atoms with E-state index in [0.29, 0.717) is 6.54 Å². The van der Waals surface area contributed by atoms with Crippen LogP contribution in [0.15, 0.2) is 18.2 Å². The van der Waals surface area contributed by atoms with E-state index in [1.807, 2.05) is 30.1 Å². The molecular weight excluding hydrogens is 216 g/mol. The molecule has 0 radical (unpaired) electrons. The Balaban J connectivity index is 2.55. The van der Waals surface area contributed by atoms with Gasteiger partial charge in [-0.3, -0.25) is 9.69 Å². The van der Waals surface area contributed by atoms with E-state index in [9.17, 15) is 4.79 Å². The van der Waals surface area contributed by atoms with E-state index in [2.05, 4.69) is 17.2 Å². The molecule has 0 aliphatic carbocycles. The summed E-state index contributed by atoms with van der Waals surface area (Å²) in [5, 5.41) is 3.23. The summed E-state index contributed by atoms with van der Waals surface area (Å²) in [6, 6.07) is 5.83. The molecule has 0 saturated heterocycles. The van der Waals surface area contributed by atoms with Gasteiger partial charge in [-0.05, 0) is 25.6 Å². The van der Waals surface area contributed by atoms with Crippen molar-refractivity contribution in [2.45, 2.75) is 19.9 Å². The van der Waals surface area contributed by atoms with Crippen LogP contribution in [0.5, 0.6) is 0 Å². The van der Waals surface area contributed by atoms with Gasteiger partial charge >= 0.3 is 0 Å². The molecule has 0 aliphatic heterocycles. The first-order chi connectivity index (χ1) is 8.11. The average Bonchev–Trinajstić information content (AvgIpc) is 2.25. The lowest BCUT2D eigenvalue weighted by Crippen LogP contribution is -2.30. The summed E-state index contributed by atoms with van der Waals surface area (Å²) in [6.07, 6.45) is 1.06. The number of nitrogens with two attached hydrogens (primary N) is 1. The SMILES string of the molecule is CCCNc1cccc(CN(C)CC(N)=O)n1. The molecule has 1 aromatic heterocycles. The van der Waals surface area contributed by atoms with E-state index in [1.165, 1.54) is 0 Å². The molecule has 0 bridgehead atoms. The Labute approximate surface area is 102 Å². The van der Waals surface area contributed by atoms with Crippen molar-refractivity contribution in [2.24, 2.45) is 5.73 Å². The first-order valence-corrected chi connectivity index (χ1v) is 5.78. The Hall–Kier alpha value is -1.62. The van der Waals surface area contributed by atoms with Crippen LogP contribution in [0.3, 0.4) is 0 Å². The second-order valence-electron chi connectivity index (χ2n) is 4.08. The molecular formula is C12H20N4O. The van der Waals surface area contributed by atoms with Crippen LogP contribution < -0.4 is 11.1 Å². The molecule has 0 fully saturated rings. The van der Waals surface area contributed by atoms with Crippen molar-refractivity contribution in [3.8, 4) is 0 Å². The zero-order valence-corrected chi connectivity index (χ0v) is 10.4. The van der Waals surface area contributed by atoms with Gasteiger partial charge in [-0.1, -0.05) is 13.0 Å². The quantitative estimate of drug-likeness (QED) is 0.735. The van der Waals surface area contributed by atoms with E-state index in [0.717, 1.165) is 24.5 Å². The van der Waals surface area contributed by atoms with Crippen molar-refractivity contribution in [1.29, 1.82) is 0 Å². The third-order valence-electron chi connectivity index (χ3n) is 2.22. The molecule has 1 heterocycles. The van der Waals surface area contributed by atoms with Gasteiger partial charge in [0.15, 0.2) is 0 Å². The third kappa shape index (κ3) is 5.31. The fraction of sp³-hybridized carbons (Fsp3) is 0.500. The molecule has 1 rings (SSSR count). The summed E-state index contributed by atoms with van der Waals surface area (Å²) in [6.45, 7) is 3.88. The van der Waals surface area contributed by atoms with E-state index in [1.54, 1.807) is 0 Å². The van der Waals surface area contributed by atoms with Gasteiger partial charge < -0.3 is 11.1 Å². The Kier molecular flexibility index (Phi) is 5.42. The van der Waals surface area contributed by atoms with E-state index in [-0.39, 0.29) is 12.5 Å². The molecule has 17 heavy (non-hydrogen) atoms. The molecule has 94 valence electrons. The molecule has 0 unspecified atom stereocenters. The van der Waals surface area contributed by atoms with Crippen LogP contribution in [0, 0.1) is 0 Å². The van der Waals surface area contributed by atoms with Gasteiger partial charge in [-0.2, -0.15) is 0 Å². The minimum Gasteiger partial charge on any atom is -0.370 e. The second kappa shape index (κ2) is 6.85. The predicted octanol–water partition coefficient (Wildman–Crippen LogP) is 0.821. The molecule has 0 spiro atoms. The van der Waals surface area contributed by atoms with Gasteiger partial charge in [-0.25, -0.2) is 4.98 Å². The molecule has 5 nitrogen and oxygen atoms in total. The van der Waals surface area contributed by atoms with Crippen molar-refractivity contribution in [3.63, 3.8) is 0 Å². The highest BCUT2D eigenvalue weighted by atomic mass is 16.1. The highest BCUT2D eigenvalue weighted by Gasteiger charge is 2.05. The van der Waals surface area contributed by atoms with Crippen LogP contribution in [-0.2, 0) is 11.3 Å². The van der Waals surface area contributed by atoms with Gasteiger partial charge in [-0.15, -0.1) is 0 Å². The largest absolute Gasteiger partial charge is 0.370 e. The van der Waals surface area contributed by atoms with Gasteiger partial charge in [0.05, 0.1) is 12.2 Å². The fourth-order valence-electron chi connectivity index (χ4n) is 1.52. The van der Waals surface area contributed by atoms with Crippen LogP contribution in [0.1, 0.15) is 19.0 Å². The number of pyridine rings is 1. The summed E-state index contributed by atoms with van der Waals surface area (Å²) in [5.74, 6) is 0.546. The number of primary amides is 1. The van der Waals surface area contributed by atoms with Crippen LogP contribution in [-0.4, -0.2) is 35.9 Å². The highest BCUT2D eigenvalue weighted by Crippen LogP contribution is 2.06. The normalized spacial score (nSPS) is 10.5. The van der Waals surface area contributed by atoms with E-state index < -0.39 is 0 Å². The Morgan fingerprint density at radius 2 is 2.29 bits per heavy atom. The maximum atomic E-state index is 10.8. The zero-order chi connectivity index (χ0) is 12.7. The molecule has 5 heteroatoms. The summed E-state index contributed by atoms with van der Waals surface area (Å²) in [7, 11) is 1.85. The van der Waals surface area contributed by atoms with Gasteiger partial charge in [0, 0.05) is 13.1 Å². The zero-order valence-electron chi connectivity index (χ0n) is 10.4. The summed E-state index contributed by atoms with van der Waals surface area (Å²) >= 11 is 0. The van der Waals surface area contributed by atoms with Crippen LogP contribution >= 0.6 is 0 Å². The minimum absolute atomic E-state index is 0.244. The van der Waals surface area contributed by atoms with Crippen LogP contribution in [0.4, 0.5) is 5.82 Å². The number of likely N-dealkylation sites (N-methyl/N-ethyl adjacent to an activating group) is 1. The number of nitrogens with zero attached hydrogens (tertiary/aromatic N) is 2. The molecule has 0 atom stereocenters. The number of hydrogen-bond acceptors (Lipinski definition) is 4. The first kappa shape index (κ1) is 13.4. The van der Waals surface area contributed by atoms with Crippen molar-refractivity contribution in [3.05, 3.63) is 23.9 Å². The molecule has 0 aliphatic rings. The summed E-state index contributed by atoms with van der Waals surface area (Å²) in [5.41, 5.74) is 6.06. The number of anilines is 1. The number of carbonyl (C=O) groups is 1. The number of rotatable bonds is 7. The van der Waals surface area contributed by atoms with Crippen molar-refractivity contribution in [1.82, 2.24) is 9.88 Å². The number of aromatic nitrogens is 1. The Bertz CT molecular complexity index is 367. The Morgan fingerprint density at radius 3 is 2.94 bits per heavy atom. The van der Waals surface area contributed by atoms with E-state index in [4.69, 9.17) is 5.73 Å². The summed E-state index contributed by atoms with van der Waals surface area (Å²) < 4.78 is 0. The lowest BCUT2D eigenvalue weighted by Gasteiger charge is -2.14. The van der Waals surface area contributed by atoms with Gasteiger partial charge in [0.1, 0.15) is 5.82 Å². The smallest absolute Gasteiger partial charge is 0.231 e. The van der Waals surface area contributed by atoms with Crippen molar-refractivity contribution < 1.29 is 4.79 Å². The standard InChI is InChI=1S/C12H20N4O/c1-3-7-14-12-6-4-5-10(15-12)8-16(2)9-11(13)17/h4-6H,3,7-9H2,1-2H3,(H2,13,17)(H,14,15). The van der Waals surface area contributed by atoms with Gasteiger partial charge in [0.2, 0.25) is 5.91 Å². The number of amides is 1. The second-order valence-corrected chi connectivity index (χ2v) is 4.08. The lowest BCUT2D eigenvalue weighted by atomic mass is 10.3. The van der Waals surface area contributed by atoms with Crippen LogP contribution in [0.25, 0.3) is 0 Å². The maximum absolute atomic E-state index is 10.8. The predicted molar refractivity (Wildman–Crippen MR) is 68.5 cm³/mol. The number of hydrogen-bond donors (Lipinski definition) is 2. The third-order valence-corrected chi connectivity index (χ3v) is 2.22. The van der Waals surface area contributed by atoms with Crippen LogP contribution in [0.2, 0.25) is 0 Å². The molecule has 0 aromatic carbocycles. The number of nitrogens with one attached hydrogen (secondary N) is 1. The lowest BCUT2D eigenvalue weighted by molar-refractivity contribution is -0.118. The highest BCUT2D eigenvalue weighted by molar-refractivity contribution is 5.75. The number of carbonyl (C=O) groups excluding carboxylic acids is 1.